The molecule has 0 radical (unpaired) electrons. The Bertz CT molecular complexity index is 1170. The first-order chi connectivity index (χ1) is 15.2. The van der Waals surface area contributed by atoms with E-state index in [1.807, 2.05) is 31.3 Å². The number of pyridine rings is 1. The summed E-state index contributed by atoms with van der Waals surface area (Å²) < 4.78 is 2.10. The van der Waals surface area contributed by atoms with Gasteiger partial charge in [-0.15, -0.1) is 5.48 Å². The number of hydroxylamine groups is 1. The highest BCUT2D eigenvalue weighted by molar-refractivity contribution is 7.99. The molecule has 0 fully saturated rings. The van der Waals surface area contributed by atoms with Gasteiger partial charge >= 0.3 is 0 Å². The second kappa shape index (κ2) is 8.49. The van der Waals surface area contributed by atoms with Gasteiger partial charge in [0, 0.05) is 30.6 Å². The molecule has 0 saturated carbocycles. The lowest BCUT2D eigenvalue weighted by Crippen LogP contribution is -2.32. The number of rotatable bonds is 5. The van der Waals surface area contributed by atoms with E-state index in [9.17, 15) is 0 Å². The van der Waals surface area contributed by atoms with E-state index >= 15 is 0 Å². The third-order valence-electron chi connectivity index (χ3n) is 5.26. The predicted octanol–water partition coefficient (Wildman–Crippen LogP) is 3.81. The molecule has 7 nitrogen and oxygen atoms in total. The number of hydrogen-bond acceptors (Lipinski definition) is 7. The van der Waals surface area contributed by atoms with Crippen molar-refractivity contribution in [1.82, 2.24) is 20.0 Å². The van der Waals surface area contributed by atoms with Gasteiger partial charge in [0.2, 0.25) is 0 Å². The molecule has 0 spiro atoms. The first-order valence-electron chi connectivity index (χ1n) is 10.1. The Balaban J connectivity index is 1.51. The molecule has 3 aromatic rings. The number of benzene rings is 1. The topological polar surface area (TPSA) is 76.7 Å². The second-order valence-electron chi connectivity index (χ2n) is 7.46. The number of hydrogen-bond donors (Lipinski definition) is 1. The maximum atomic E-state index is 5.03. The molecule has 2 aliphatic rings. The zero-order chi connectivity index (χ0) is 21.2. The van der Waals surface area contributed by atoms with Crippen LogP contribution in [0, 0.1) is 12.8 Å². The lowest BCUT2D eigenvalue weighted by atomic mass is 10.0. The fraction of sp³-hybridized carbons (Fsp3) is 0.217. The largest absolute Gasteiger partial charge is 0.395 e. The van der Waals surface area contributed by atoms with Crippen molar-refractivity contribution in [2.24, 2.45) is 23.0 Å². The Morgan fingerprint density at radius 1 is 1.16 bits per heavy atom. The molecule has 5 rings (SSSR count). The van der Waals surface area contributed by atoms with Crippen molar-refractivity contribution in [3.05, 3.63) is 72.1 Å². The average Bonchev–Trinajstić information content (AvgIpc) is 3.45. The van der Waals surface area contributed by atoms with Crippen molar-refractivity contribution in [3.8, 4) is 11.5 Å². The Kier molecular flexibility index (Phi) is 5.40. The smallest absolute Gasteiger partial charge is 0.198 e. The normalized spacial score (nSPS) is 20.0. The SMILES string of the molecule is Cc1ccc(Sc2c(C3=NCC(C4N=CON4)C=C3)nc(-c3ccccn3)n2C)cc1. The van der Waals surface area contributed by atoms with Crippen LogP contribution >= 0.6 is 11.8 Å². The summed E-state index contributed by atoms with van der Waals surface area (Å²) in [7, 11) is 2.03. The van der Waals surface area contributed by atoms with E-state index in [1.54, 1.807) is 18.0 Å². The molecule has 8 heteroatoms. The van der Waals surface area contributed by atoms with E-state index in [4.69, 9.17) is 14.8 Å². The van der Waals surface area contributed by atoms with Crippen LogP contribution in [0.5, 0.6) is 0 Å². The van der Waals surface area contributed by atoms with E-state index in [-0.39, 0.29) is 12.1 Å². The molecule has 156 valence electrons. The van der Waals surface area contributed by atoms with Crippen LogP contribution in [0.3, 0.4) is 0 Å². The molecule has 0 bridgehead atoms. The minimum absolute atomic E-state index is 0.101. The number of nitrogens with zero attached hydrogens (tertiary/aromatic N) is 5. The van der Waals surface area contributed by atoms with Gasteiger partial charge in [-0.3, -0.25) is 9.98 Å². The van der Waals surface area contributed by atoms with Gasteiger partial charge in [0.1, 0.15) is 22.6 Å². The Hall–Kier alpha value is -3.23. The molecule has 2 unspecified atom stereocenters. The summed E-state index contributed by atoms with van der Waals surface area (Å²) in [6.45, 7) is 2.71. The van der Waals surface area contributed by atoms with Gasteiger partial charge in [0.15, 0.2) is 12.2 Å². The van der Waals surface area contributed by atoms with Gasteiger partial charge in [0.25, 0.3) is 0 Å². The van der Waals surface area contributed by atoms with Crippen molar-refractivity contribution in [2.45, 2.75) is 23.0 Å². The lowest BCUT2D eigenvalue weighted by Gasteiger charge is -2.18. The minimum atomic E-state index is -0.101. The molecule has 2 atom stereocenters. The van der Waals surface area contributed by atoms with Gasteiger partial charge in [0.05, 0.1) is 5.71 Å². The van der Waals surface area contributed by atoms with Crippen LogP contribution in [0.15, 0.2) is 80.7 Å². The summed E-state index contributed by atoms with van der Waals surface area (Å²) >= 11 is 1.69. The van der Waals surface area contributed by atoms with Crippen LogP contribution in [0.2, 0.25) is 0 Å². The maximum Gasteiger partial charge on any atom is 0.198 e. The summed E-state index contributed by atoms with van der Waals surface area (Å²) in [5.41, 5.74) is 6.69. The van der Waals surface area contributed by atoms with Crippen LogP contribution in [0.4, 0.5) is 0 Å². The third-order valence-corrected chi connectivity index (χ3v) is 6.43. The van der Waals surface area contributed by atoms with Gasteiger partial charge in [-0.1, -0.05) is 41.6 Å². The molecule has 1 aromatic carbocycles. The van der Waals surface area contributed by atoms with Crippen molar-refractivity contribution < 1.29 is 4.84 Å². The van der Waals surface area contributed by atoms with Gasteiger partial charge in [-0.05, 0) is 37.3 Å². The van der Waals surface area contributed by atoms with E-state index in [0.717, 1.165) is 32.8 Å². The predicted molar refractivity (Wildman–Crippen MR) is 122 cm³/mol. The summed E-state index contributed by atoms with van der Waals surface area (Å²) in [4.78, 5) is 24.8. The monoisotopic (exact) mass is 430 g/mol. The first kappa shape index (κ1) is 19.7. The molecule has 0 aliphatic carbocycles. The third kappa shape index (κ3) is 4.04. The Labute approximate surface area is 185 Å². The zero-order valence-electron chi connectivity index (χ0n) is 17.3. The number of aromatic nitrogens is 3. The number of nitrogens with one attached hydrogen (secondary N) is 1. The van der Waals surface area contributed by atoms with Crippen LogP contribution in [0.1, 0.15) is 11.3 Å². The Morgan fingerprint density at radius 2 is 2.03 bits per heavy atom. The fourth-order valence-electron chi connectivity index (χ4n) is 3.52. The molecular formula is C23H22N6OS. The fourth-order valence-corrected chi connectivity index (χ4v) is 4.49. The Morgan fingerprint density at radius 3 is 2.71 bits per heavy atom. The summed E-state index contributed by atoms with van der Waals surface area (Å²) in [5, 5.41) is 1.03. The highest BCUT2D eigenvalue weighted by Gasteiger charge is 2.26. The quantitative estimate of drug-likeness (QED) is 0.666. The van der Waals surface area contributed by atoms with Crippen molar-refractivity contribution in [1.29, 1.82) is 0 Å². The number of imidazole rings is 1. The van der Waals surface area contributed by atoms with Crippen molar-refractivity contribution in [3.63, 3.8) is 0 Å². The number of dihydropyridines is 1. The van der Waals surface area contributed by atoms with Gasteiger partial charge in [-0.25, -0.2) is 9.98 Å². The molecular weight excluding hydrogens is 408 g/mol. The van der Waals surface area contributed by atoms with Crippen LogP contribution < -0.4 is 5.48 Å². The summed E-state index contributed by atoms with van der Waals surface area (Å²) in [6.07, 6.45) is 7.28. The average molecular weight is 431 g/mol. The summed E-state index contributed by atoms with van der Waals surface area (Å²) in [6, 6.07) is 14.4. The second-order valence-corrected chi connectivity index (χ2v) is 8.52. The lowest BCUT2D eigenvalue weighted by molar-refractivity contribution is 0.169. The van der Waals surface area contributed by atoms with Crippen molar-refractivity contribution >= 4 is 23.9 Å². The van der Waals surface area contributed by atoms with Gasteiger partial charge < -0.3 is 9.40 Å². The highest BCUT2D eigenvalue weighted by Crippen LogP contribution is 2.34. The minimum Gasteiger partial charge on any atom is -0.395 e. The van der Waals surface area contributed by atoms with E-state index < -0.39 is 0 Å². The molecule has 4 heterocycles. The molecule has 0 amide bonds. The van der Waals surface area contributed by atoms with E-state index in [0.29, 0.717) is 6.54 Å². The van der Waals surface area contributed by atoms with Crippen LogP contribution in [-0.2, 0) is 11.9 Å². The number of aliphatic imine (C=N–C) groups is 2. The maximum absolute atomic E-state index is 5.03. The van der Waals surface area contributed by atoms with Crippen LogP contribution in [0.25, 0.3) is 11.5 Å². The number of allylic oxidation sites excluding steroid dienone is 1. The van der Waals surface area contributed by atoms with Crippen molar-refractivity contribution in [2.75, 3.05) is 6.54 Å². The highest BCUT2D eigenvalue weighted by atomic mass is 32.2. The molecule has 2 aliphatic heterocycles. The molecule has 2 aromatic heterocycles. The number of aryl methyl sites for hydroxylation is 1. The summed E-state index contributed by atoms with van der Waals surface area (Å²) in [5.74, 6) is 0.966. The van der Waals surface area contributed by atoms with Gasteiger partial charge in [-0.2, -0.15) is 0 Å². The molecule has 1 N–H and O–H groups in total. The van der Waals surface area contributed by atoms with Crippen LogP contribution in [-0.4, -0.2) is 39.4 Å². The van der Waals surface area contributed by atoms with E-state index in [1.165, 1.54) is 12.0 Å². The molecule has 0 saturated heterocycles. The van der Waals surface area contributed by atoms with E-state index in [2.05, 4.69) is 57.3 Å². The zero-order valence-corrected chi connectivity index (χ0v) is 18.1. The standard InChI is InChI=1S/C23H22N6OS/c1-15-6-9-17(10-7-15)31-23-20(27-22(29(23)2)19-5-3-4-12-24-19)18-11-8-16(13-25-18)21-26-14-30-28-21/h3-12,14,16,21,28H,13H2,1-2H3. The first-order valence-corrected chi connectivity index (χ1v) is 10.9. The molecule has 31 heavy (non-hydrogen) atoms.